The Labute approximate surface area is 327 Å². The van der Waals surface area contributed by atoms with Gasteiger partial charge in [0.2, 0.25) is 5.75 Å². The first-order valence-corrected chi connectivity index (χ1v) is 22.4. The predicted molar refractivity (Wildman–Crippen MR) is 232 cm³/mol. The first-order valence-electron chi connectivity index (χ1n) is 22.0. The Balaban J connectivity index is 2.16. The van der Waals surface area contributed by atoms with Gasteiger partial charge in [-0.05, 0) is 60.6 Å². The molecule has 0 amide bonds. The smallest absolute Gasteiger partial charge is 0.203 e. The van der Waals surface area contributed by atoms with Gasteiger partial charge in [-0.15, -0.1) is 0 Å². The number of allylic oxidation sites excluding steroid dienone is 1. The molecule has 0 radical (unpaired) electrons. The van der Waals surface area contributed by atoms with Crippen LogP contribution in [0, 0.1) is 0 Å². The van der Waals surface area contributed by atoms with Crippen molar-refractivity contribution in [1.29, 1.82) is 0 Å². The quantitative estimate of drug-likeness (QED) is 0.0305. The lowest BCUT2D eigenvalue weighted by atomic mass is 10.0. The minimum Gasteiger partial charge on any atom is -0.490 e. The number of hydrogen-bond donors (Lipinski definition) is 0. The molecule has 0 fully saturated rings. The fourth-order valence-corrected chi connectivity index (χ4v) is 6.89. The molecule has 0 aliphatic rings. The Morgan fingerprint density at radius 1 is 0.481 bits per heavy atom. The van der Waals surface area contributed by atoms with Gasteiger partial charge >= 0.3 is 0 Å². The molecule has 0 spiro atoms. The van der Waals surface area contributed by atoms with E-state index in [9.17, 15) is 0 Å². The zero-order chi connectivity index (χ0) is 37.3. The van der Waals surface area contributed by atoms with Crippen LogP contribution in [0.5, 0.6) is 17.2 Å². The summed E-state index contributed by atoms with van der Waals surface area (Å²) < 4.78 is 19.6. The van der Waals surface area contributed by atoms with E-state index in [-0.39, 0.29) is 0 Å². The van der Waals surface area contributed by atoms with Crippen LogP contribution < -0.4 is 14.2 Å². The third kappa shape index (κ3) is 22.0. The average Bonchev–Trinajstić information content (AvgIpc) is 3.16. The molecular weight excluding hydrogens is 657 g/mol. The molecule has 0 aromatic heterocycles. The van der Waals surface area contributed by atoms with Gasteiger partial charge in [0, 0.05) is 4.86 Å². The van der Waals surface area contributed by atoms with Gasteiger partial charge in [-0.3, -0.25) is 0 Å². The van der Waals surface area contributed by atoms with Crippen LogP contribution in [0.15, 0.2) is 42.5 Å². The molecule has 2 rings (SSSR count). The molecule has 0 aliphatic carbocycles. The summed E-state index contributed by atoms with van der Waals surface area (Å²) in [5, 5.41) is 0. The number of benzene rings is 2. The monoisotopic (exact) mass is 735 g/mol. The Morgan fingerprint density at radius 2 is 0.865 bits per heavy atom. The van der Waals surface area contributed by atoms with Crippen LogP contribution in [0.2, 0.25) is 0 Å². The van der Waals surface area contributed by atoms with Crippen LogP contribution in [0.3, 0.4) is 0 Å². The molecule has 3 nitrogen and oxygen atoms in total. The second-order valence-electron chi connectivity index (χ2n) is 15.0. The van der Waals surface area contributed by atoms with Crippen LogP contribution in [0.25, 0.3) is 6.08 Å². The normalized spacial score (nSPS) is 11.4. The molecule has 0 N–H and O–H groups in total. The SMILES string of the molecule is CCCCCCCCCCOc1cc(C=CC(=S)c2ccc(CCC)cc2)cc(OCCCCCCCCCC)c1OCCCCCCCCCC. The van der Waals surface area contributed by atoms with E-state index in [4.69, 9.17) is 26.4 Å². The van der Waals surface area contributed by atoms with Crippen molar-refractivity contribution in [2.75, 3.05) is 19.8 Å². The molecule has 0 saturated heterocycles. The minimum atomic E-state index is 0.685. The van der Waals surface area contributed by atoms with Gasteiger partial charge in [-0.2, -0.15) is 0 Å². The van der Waals surface area contributed by atoms with Crippen molar-refractivity contribution in [3.63, 3.8) is 0 Å². The lowest BCUT2D eigenvalue weighted by molar-refractivity contribution is 0.234. The van der Waals surface area contributed by atoms with Crippen molar-refractivity contribution >= 4 is 23.2 Å². The summed E-state index contributed by atoms with van der Waals surface area (Å²) in [5.74, 6) is 2.36. The summed E-state index contributed by atoms with van der Waals surface area (Å²) in [5.41, 5.74) is 3.46. The van der Waals surface area contributed by atoms with E-state index in [0.29, 0.717) is 19.8 Å². The average molecular weight is 735 g/mol. The van der Waals surface area contributed by atoms with E-state index in [1.165, 1.54) is 140 Å². The summed E-state index contributed by atoms with van der Waals surface area (Å²) >= 11 is 5.85. The fraction of sp³-hybridized carbons (Fsp3) is 0.688. The lowest BCUT2D eigenvalue weighted by Gasteiger charge is -2.18. The highest BCUT2D eigenvalue weighted by atomic mass is 32.1. The largest absolute Gasteiger partial charge is 0.490 e. The molecule has 0 saturated carbocycles. The molecule has 52 heavy (non-hydrogen) atoms. The van der Waals surface area contributed by atoms with E-state index in [2.05, 4.69) is 70.2 Å². The Bertz CT molecular complexity index is 1130. The van der Waals surface area contributed by atoms with Crippen molar-refractivity contribution in [2.24, 2.45) is 0 Å². The molecule has 4 heteroatoms. The third-order valence-corrected chi connectivity index (χ3v) is 10.4. The molecule has 0 bridgehead atoms. The molecule has 0 unspecified atom stereocenters. The maximum absolute atomic E-state index is 6.56. The number of aryl methyl sites for hydroxylation is 1. The molecule has 2 aromatic rings. The highest BCUT2D eigenvalue weighted by molar-refractivity contribution is 7.81. The van der Waals surface area contributed by atoms with Gasteiger partial charge in [0.05, 0.1) is 19.8 Å². The summed E-state index contributed by atoms with van der Waals surface area (Å²) in [6.45, 7) is 11.1. The van der Waals surface area contributed by atoms with Crippen molar-refractivity contribution in [3.05, 3.63) is 59.2 Å². The maximum atomic E-state index is 6.56. The van der Waals surface area contributed by atoms with Crippen LogP contribution in [0.4, 0.5) is 0 Å². The number of hydrogen-bond acceptors (Lipinski definition) is 4. The molecule has 0 aliphatic heterocycles. The van der Waals surface area contributed by atoms with Crippen LogP contribution >= 0.6 is 12.2 Å². The third-order valence-electron chi connectivity index (χ3n) is 10.0. The first kappa shape index (κ1) is 45.8. The van der Waals surface area contributed by atoms with E-state index in [1.807, 2.05) is 6.08 Å². The molecule has 2 aromatic carbocycles. The second-order valence-corrected chi connectivity index (χ2v) is 15.4. The topological polar surface area (TPSA) is 27.7 Å². The van der Waals surface area contributed by atoms with Gasteiger partial charge in [-0.25, -0.2) is 0 Å². The van der Waals surface area contributed by atoms with Crippen molar-refractivity contribution in [3.8, 4) is 17.2 Å². The standard InChI is InChI=1S/C48H78O3S/c1-5-9-12-15-18-21-24-27-37-49-45-40-43(33-36-47(52)44-34-31-42(30-8-4)32-35-44)41-46(50-38-28-25-22-19-16-13-10-6-2)48(45)51-39-29-26-23-20-17-14-11-7-3/h31-36,40-41H,5-30,37-39H2,1-4H3. The summed E-state index contributed by atoms with van der Waals surface area (Å²) in [4.78, 5) is 0.834. The van der Waals surface area contributed by atoms with E-state index < -0.39 is 0 Å². The number of ether oxygens (including phenoxy) is 3. The second kappa shape index (κ2) is 32.1. The van der Waals surface area contributed by atoms with E-state index in [1.54, 1.807) is 0 Å². The predicted octanol–water partition coefficient (Wildman–Crippen LogP) is 15.6. The van der Waals surface area contributed by atoms with Crippen LogP contribution in [0.1, 0.15) is 205 Å². The fourth-order valence-electron chi connectivity index (χ4n) is 6.69. The van der Waals surface area contributed by atoms with Crippen LogP contribution in [-0.2, 0) is 6.42 Å². The number of unbranched alkanes of at least 4 members (excludes halogenated alkanes) is 21. The molecule has 0 atom stereocenters. The highest BCUT2D eigenvalue weighted by Crippen LogP contribution is 2.40. The van der Waals surface area contributed by atoms with Gasteiger partial charge in [0.15, 0.2) is 11.5 Å². The molecule has 0 heterocycles. The van der Waals surface area contributed by atoms with E-state index >= 15 is 0 Å². The van der Waals surface area contributed by atoms with Gasteiger partial charge in [0.1, 0.15) is 0 Å². The van der Waals surface area contributed by atoms with Crippen LogP contribution in [-0.4, -0.2) is 24.7 Å². The van der Waals surface area contributed by atoms with Crippen molar-refractivity contribution in [1.82, 2.24) is 0 Å². The minimum absolute atomic E-state index is 0.685. The highest BCUT2D eigenvalue weighted by Gasteiger charge is 2.16. The molecule has 294 valence electrons. The summed E-state index contributed by atoms with van der Waals surface area (Å²) in [6.07, 6.45) is 37.1. The Kier molecular flexibility index (Phi) is 28.3. The Hall–Kier alpha value is -2.33. The van der Waals surface area contributed by atoms with Gasteiger partial charge in [0.25, 0.3) is 0 Å². The van der Waals surface area contributed by atoms with Crippen molar-refractivity contribution < 1.29 is 14.2 Å². The zero-order valence-corrected chi connectivity index (χ0v) is 35.1. The Morgan fingerprint density at radius 3 is 1.27 bits per heavy atom. The van der Waals surface area contributed by atoms with Crippen molar-refractivity contribution in [2.45, 2.75) is 195 Å². The lowest BCUT2D eigenvalue weighted by Crippen LogP contribution is -2.07. The van der Waals surface area contributed by atoms with Gasteiger partial charge in [-0.1, -0.05) is 212 Å². The summed E-state index contributed by atoms with van der Waals surface area (Å²) in [7, 11) is 0. The number of rotatable bonds is 35. The summed E-state index contributed by atoms with van der Waals surface area (Å²) in [6, 6.07) is 13.0. The number of thiocarbonyl (C=S) groups is 1. The zero-order valence-electron chi connectivity index (χ0n) is 34.3. The van der Waals surface area contributed by atoms with E-state index in [0.717, 1.165) is 65.3 Å². The van der Waals surface area contributed by atoms with Gasteiger partial charge < -0.3 is 14.2 Å². The molecular formula is C48H78O3S. The maximum Gasteiger partial charge on any atom is 0.203 e. The first-order chi connectivity index (χ1) is 25.6.